The summed E-state index contributed by atoms with van der Waals surface area (Å²) in [6.45, 7) is 2.12. The maximum Gasteiger partial charge on any atom is 0.329 e. The Morgan fingerprint density at radius 3 is 2.37 bits per heavy atom. The summed E-state index contributed by atoms with van der Waals surface area (Å²) in [6, 6.07) is 0. The number of thioether (sulfide) groups is 1. The molecule has 0 spiro atoms. The van der Waals surface area contributed by atoms with Gasteiger partial charge in [-0.3, -0.25) is 4.79 Å². The van der Waals surface area contributed by atoms with Crippen LogP contribution in [0.25, 0.3) is 0 Å². The molecule has 0 heterocycles. The summed E-state index contributed by atoms with van der Waals surface area (Å²) >= 11 is 1.59. The van der Waals surface area contributed by atoms with Crippen molar-refractivity contribution in [1.82, 2.24) is 5.32 Å². The molecule has 0 atom stereocenters. The summed E-state index contributed by atoms with van der Waals surface area (Å²) in [5.74, 6) is 0.325. The molecule has 4 nitrogen and oxygen atoms in total. The van der Waals surface area contributed by atoms with Gasteiger partial charge in [0, 0.05) is 0 Å². The summed E-state index contributed by atoms with van der Waals surface area (Å²) in [6.07, 6.45) is 7.24. The minimum absolute atomic E-state index is 0.134. The zero-order chi connectivity index (χ0) is 14.1. The van der Waals surface area contributed by atoms with Crippen LogP contribution in [0, 0.1) is 0 Å². The van der Waals surface area contributed by atoms with Crippen molar-refractivity contribution in [1.29, 1.82) is 0 Å². The Balaban J connectivity index is 2.48. The van der Waals surface area contributed by atoms with E-state index >= 15 is 0 Å². The molecule has 0 radical (unpaired) electrons. The van der Waals surface area contributed by atoms with Crippen molar-refractivity contribution in [2.24, 2.45) is 0 Å². The average molecular weight is 287 g/mol. The number of unbranched alkanes of at least 4 members (excludes halogenated alkanes) is 1. The molecule has 0 aliphatic heterocycles. The Kier molecular flexibility index (Phi) is 7.28. The highest BCUT2D eigenvalue weighted by atomic mass is 32.2. The third kappa shape index (κ3) is 5.43. The third-order valence-corrected chi connectivity index (χ3v) is 4.66. The largest absolute Gasteiger partial charge is 0.480 e. The van der Waals surface area contributed by atoms with Crippen molar-refractivity contribution in [3.63, 3.8) is 0 Å². The number of aliphatic carboxylic acids is 1. The first-order chi connectivity index (χ1) is 9.10. The molecule has 1 fully saturated rings. The predicted molar refractivity (Wildman–Crippen MR) is 78.4 cm³/mol. The van der Waals surface area contributed by atoms with Crippen LogP contribution in [0.1, 0.15) is 58.3 Å². The van der Waals surface area contributed by atoms with Gasteiger partial charge in [-0.2, -0.15) is 11.8 Å². The van der Waals surface area contributed by atoms with E-state index in [4.69, 9.17) is 0 Å². The second-order valence-electron chi connectivity index (χ2n) is 5.26. The Morgan fingerprint density at radius 2 is 1.84 bits per heavy atom. The standard InChI is InChI=1S/C14H25NO3S/c1-2-3-10-19-11-12(16)15-14(13(17)18)8-6-4-5-7-9-14/h2-11H2,1H3,(H,15,16)(H,17,18). The van der Waals surface area contributed by atoms with Crippen LogP contribution in [-0.2, 0) is 9.59 Å². The lowest BCUT2D eigenvalue weighted by atomic mass is 9.90. The third-order valence-electron chi connectivity index (χ3n) is 3.62. The van der Waals surface area contributed by atoms with Crippen LogP contribution in [0.5, 0.6) is 0 Å². The second kappa shape index (κ2) is 8.46. The van der Waals surface area contributed by atoms with Crippen LogP contribution in [0.2, 0.25) is 0 Å². The van der Waals surface area contributed by atoms with E-state index in [1.54, 1.807) is 11.8 Å². The van der Waals surface area contributed by atoms with Crippen LogP contribution in [0.4, 0.5) is 0 Å². The fraction of sp³-hybridized carbons (Fsp3) is 0.857. The number of hydrogen-bond acceptors (Lipinski definition) is 3. The highest BCUT2D eigenvalue weighted by Crippen LogP contribution is 2.27. The number of nitrogens with one attached hydrogen (secondary N) is 1. The van der Waals surface area contributed by atoms with E-state index in [0.717, 1.165) is 44.3 Å². The highest BCUT2D eigenvalue weighted by molar-refractivity contribution is 7.99. The second-order valence-corrected chi connectivity index (χ2v) is 6.36. The first-order valence-corrected chi connectivity index (χ1v) is 8.38. The Labute approximate surface area is 119 Å². The fourth-order valence-corrected chi connectivity index (χ4v) is 3.33. The van der Waals surface area contributed by atoms with Crippen LogP contribution >= 0.6 is 11.8 Å². The molecule has 1 aliphatic carbocycles. The summed E-state index contributed by atoms with van der Waals surface area (Å²) in [5.41, 5.74) is -1.01. The Morgan fingerprint density at radius 1 is 1.21 bits per heavy atom. The van der Waals surface area contributed by atoms with Gasteiger partial charge in [0.25, 0.3) is 0 Å². The van der Waals surface area contributed by atoms with E-state index in [0.29, 0.717) is 18.6 Å². The zero-order valence-electron chi connectivity index (χ0n) is 11.7. The quantitative estimate of drug-likeness (QED) is 0.558. The number of carbonyl (C=O) groups excluding carboxylic acids is 1. The highest BCUT2D eigenvalue weighted by Gasteiger charge is 2.39. The van der Waals surface area contributed by atoms with Crippen molar-refractivity contribution >= 4 is 23.6 Å². The van der Waals surface area contributed by atoms with Gasteiger partial charge in [0.05, 0.1) is 5.75 Å². The van der Waals surface area contributed by atoms with Crippen molar-refractivity contribution in [3.05, 3.63) is 0 Å². The first-order valence-electron chi connectivity index (χ1n) is 7.23. The molecule has 2 N–H and O–H groups in total. The molecule has 1 amide bonds. The van der Waals surface area contributed by atoms with E-state index < -0.39 is 11.5 Å². The maximum atomic E-state index is 11.9. The SMILES string of the molecule is CCCCSCC(=O)NC1(C(=O)O)CCCCCC1. The zero-order valence-corrected chi connectivity index (χ0v) is 12.6. The Hall–Kier alpha value is -0.710. The van der Waals surface area contributed by atoms with Gasteiger partial charge >= 0.3 is 5.97 Å². The maximum absolute atomic E-state index is 11.9. The Bertz CT molecular complexity index is 299. The van der Waals surface area contributed by atoms with Gasteiger partial charge in [-0.25, -0.2) is 4.79 Å². The van der Waals surface area contributed by atoms with Crippen molar-refractivity contribution < 1.29 is 14.7 Å². The van der Waals surface area contributed by atoms with Crippen molar-refractivity contribution in [2.45, 2.75) is 63.8 Å². The number of amides is 1. The molecule has 0 bridgehead atoms. The van der Waals surface area contributed by atoms with E-state index in [-0.39, 0.29) is 5.91 Å². The van der Waals surface area contributed by atoms with Gasteiger partial charge in [0.15, 0.2) is 0 Å². The minimum atomic E-state index is -1.01. The molecular weight excluding hydrogens is 262 g/mol. The van der Waals surface area contributed by atoms with Crippen LogP contribution in [0.15, 0.2) is 0 Å². The first kappa shape index (κ1) is 16.3. The number of carbonyl (C=O) groups is 2. The number of hydrogen-bond donors (Lipinski definition) is 2. The molecule has 0 unspecified atom stereocenters. The smallest absolute Gasteiger partial charge is 0.329 e. The lowest BCUT2D eigenvalue weighted by Crippen LogP contribution is -2.54. The number of carboxylic acids is 1. The summed E-state index contributed by atoms with van der Waals surface area (Å²) < 4.78 is 0. The van der Waals surface area contributed by atoms with Gasteiger partial charge in [0.1, 0.15) is 5.54 Å². The van der Waals surface area contributed by atoms with Crippen LogP contribution < -0.4 is 5.32 Å². The monoisotopic (exact) mass is 287 g/mol. The lowest BCUT2D eigenvalue weighted by Gasteiger charge is -2.29. The molecule has 5 heteroatoms. The molecule has 110 valence electrons. The van der Waals surface area contributed by atoms with Gasteiger partial charge in [-0.1, -0.05) is 39.0 Å². The average Bonchev–Trinajstić information content (AvgIpc) is 2.61. The van der Waals surface area contributed by atoms with Gasteiger partial charge in [-0.05, 0) is 25.0 Å². The molecule has 0 saturated heterocycles. The molecular formula is C14H25NO3S. The summed E-state index contributed by atoms with van der Waals surface area (Å²) in [4.78, 5) is 23.4. The lowest BCUT2D eigenvalue weighted by molar-refractivity contribution is -0.148. The normalized spacial score (nSPS) is 18.6. The van der Waals surface area contributed by atoms with Gasteiger partial charge in [-0.15, -0.1) is 0 Å². The number of carboxylic acid groups (broad SMARTS) is 1. The fourth-order valence-electron chi connectivity index (χ4n) is 2.44. The van der Waals surface area contributed by atoms with Crippen molar-refractivity contribution in [3.8, 4) is 0 Å². The predicted octanol–water partition coefficient (Wildman–Crippen LogP) is 2.81. The molecule has 19 heavy (non-hydrogen) atoms. The topological polar surface area (TPSA) is 66.4 Å². The minimum Gasteiger partial charge on any atom is -0.480 e. The summed E-state index contributed by atoms with van der Waals surface area (Å²) in [5, 5.41) is 12.2. The van der Waals surface area contributed by atoms with Gasteiger partial charge < -0.3 is 10.4 Å². The van der Waals surface area contributed by atoms with E-state index in [2.05, 4.69) is 12.2 Å². The summed E-state index contributed by atoms with van der Waals surface area (Å²) in [7, 11) is 0. The van der Waals surface area contributed by atoms with Crippen LogP contribution in [-0.4, -0.2) is 34.0 Å². The molecule has 0 aromatic carbocycles. The molecule has 0 aromatic heterocycles. The van der Waals surface area contributed by atoms with Crippen LogP contribution in [0.3, 0.4) is 0 Å². The molecule has 0 aromatic rings. The van der Waals surface area contributed by atoms with Gasteiger partial charge in [0.2, 0.25) is 5.91 Å². The van der Waals surface area contributed by atoms with E-state index in [1.807, 2.05) is 0 Å². The molecule has 1 saturated carbocycles. The molecule has 1 aliphatic rings. The van der Waals surface area contributed by atoms with Crippen molar-refractivity contribution in [2.75, 3.05) is 11.5 Å². The van der Waals surface area contributed by atoms with E-state index in [9.17, 15) is 14.7 Å². The van der Waals surface area contributed by atoms with E-state index in [1.165, 1.54) is 0 Å². The molecule has 1 rings (SSSR count). The number of rotatable bonds is 7.